The summed E-state index contributed by atoms with van der Waals surface area (Å²) in [5, 5.41) is 0. The van der Waals surface area contributed by atoms with Crippen LogP contribution in [-0.4, -0.2) is 0 Å². The molecule has 1 rings (SSSR count). The van der Waals surface area contributed by atoms with Crippen LogP contribution in [0.1, 0.15) is 117 Å². The van der Waals surface area contributed by atoms with Crippen LogP contribution in [0.3, 0.4) is 0 Å². The first-order valence-corrected chi connectivity index (χ1v) is 9.71. The molecule has 0 bridgehead atoms. The van der Waals surface area contributed by atoms with Crippen LogP contribution in [0.4, 0.5) is 0 Å². The maximum Gasteiger partial charge on any atom is -0.0274 e. The highest BCUT2D eigenvalue weighted by atomic mass is 14.4. The number of hydrogen-bond donors (Lipinski definition) is 0. The van der Waals surface area contributed by atoms with Gasteiger partial charge >= 0.3 is 0 Å². The number of hydrogen-bond acceptors (Lipinski definition) is 0. The van der Waals surface area contributed by atoms with Gasteiger partial charge in [0.25, 0.3) is 0 Å². The van der Waals surface area contributed by atoms with Crippen molar-refractivity contribution in [3.63, 3.8) is 0 Å². The van der Waals surface area contributed by atoms with Crippen molar-refractivity contribution in [2.75, 3.05) is 0 Å². The molecule has 0 nitrogen and oxygen atoms in total. The van der Waals surface area contributed by atoms with Crippen LogP contribution in [0.2, 0.25) is 0 Å². The SMILES string of the molecule is CCCCCCCCCCCC1(C(C)C)CCCCC1. The summed E-state index contributed by atoms with van der Waals surface area (Å²) in [6.45, 7) is 7.24. The smallest absolute Gasteiger partial charge is 0.0274 e. The van der Waals surface area contributed by atoms with Crippen molar-refractivity contribution >= 4 is 0 Å². The van der Waals surface area contributed by atoms with Crippen molar-refractivity contribution in [3.8, 4) is 0 Å². The zero-order chi connectivity index (χ0) is 14.7. The zero-order valence-corrected chi connectivity index (χ0v) is 14.7. The summed E-state index contributed by atoms with van der Waals surface area (Å²) < 4.78 is 0. The summed E-state index contributed by atoms with van der Waals surface area (Å²) >= 11 is 0. The third kappa shape index (κ3) is 6.64. The van der Waals surface area contributed by atoms with Crippen molar-refractivity contribution in [1.82, 2.24) is 0 Å². The van der Waals surface area contributed by atoms with Crippen LogP contribution in [0.25, 0.3) is 0 Å². The maximum atomic E-state index is 2.47. The molecule has 0 saturated heterocycles. The van der Waals surface area contributed by atoms with E-state index < -0.39 is 0 Å². The fourth-order valence-electron chi connectivity index (χ4n) is 4.16. The van der Waals surface area contributed by atoms with E-state index in [1.165, 1.54) is 96.3 Å². The molecule has 0 amide bonds. The highest BCUT2D eigenvalue weighted by Crippen LogP contribution is 2.46. The molecule has 20 heavy (non-hydrogen) atoms. The third-order valence-corrected chi connectivity index (χ3v) is 5.85. The molecule has 1 saturated carbocycles. The lowest BCUT2D eigenvalue weighted by Crippen LogP contribution is -2.29. The first kappa shape index (κ1) is 18.1. The minimum Gasteiger partial charge on any atom is -0.0654 e. The number of unbranched alkanes of at least 4 members (excludes halogenated alkanes) is 8. The van der Waals surface area contributed by atoms with E-state index in [0.29, 0.717) is 0 Å². The van der Waals surface area contributed by atoms with Gasteiger partial charge in [0.1, 0.15) is 0 Å². The number of rotatable bonds is 11. The molecule has 0 N–H and O–H groups in total. The fourth-order valence-corrected chi connectivity index (χ4v) is 4.16. The monoisotopic (exact) mass is 280 g/mol. The maximum absolute atomic E-state index is 2.47. The Labute approximate surface area is 129 Å². The fraction of sp³-hybridized carbons (Fsp3) is 1.00. The average molecular weight is 281 g/mol. The minimum atomic E-state index is 0.722. The van der Waals surface area contributed by atoms with Gasteiger partial charge in [-0.05, 0) is 30.6 Å². The Kier molecular flexibility index (Phi) is 9.65. The molecule has 0 heterocycles. The van der Waals surface area contributed by atoms with Crippen molar-refractivity contribution in [2.24, 2.45) is 11.3 Å². The molecule has 0 aliphatic heterocycles. The molecule has 0 radical (unpaired) electrons. The lowest BCUT2D eigenvalue weighted by Gasteiger charge is -2.41. The van der Waals surface area contributed by atoms with Crippen molar-refractivity contribution in [2.45, 2.75) is 117 Å². The van der Waals surface area contributed by atoms with E-state index in [-0.39, 0.29) is 0 Å². The molecule has 1 fully saturated rings. The standard InChI is InChI=1S/C20H40/c1-4-5-6-7-8-9-10-11-13-16-20(19(2)3)17-14-12-15-18-20/h19H,4-18H2,1-3H3. The van der Waals surface area contributed by atoms with Gasteiger partial charge in [-0.25, -0.2) is 0 Å². The molecule has 0 aromatic carbocycles. The molecule has 120 valence electrons. The third-order valence-electron chi connectivity index (χ3n) is 5.85. The summed E-state index contributed by atoms with van der Waals surface area (Å²) in [6.07, 6.45) is 22.2. The highest BCUT2D eigenvalue weighted by molar-refractivity contribution is 4.85. The second-order valence-corrected chi connectivity index (χ2v) is 7.66. The van der Waals surface area contributed by atoms with E-state index in [1.807, 2.05) is 0 Å². The molecule has 0 aromatic heterocycles. The molecule has 0 atom stereocenters. The molecule has 0 unspecified atom stereocenters. The van der Waals surface area contributed by atoms with Crippen molar-refractivity contribution < 1.29 is 0 Å². The van der Waals surface area contributed by atoms with Crippen LogP contribution < -0.4 is 0 Å². The first-order valence-electron chi connectivity index (χ1n) is 9.71. The highest BCUT2D eigenvalue weighted by Gasteiger charge is 2.34. The quantitative estimate of drug-likeness (QED) is 0.343. The van der Waals surface area contributed by atoms with Crippen LogP contribution in [0, 0.1) is 11.3 Å². The predicted octanol–water partition coefficient (Wildman–Crippen LogP) is 7.51. The van der Waals surface area contributed by atoms with Gasteiger partial charge < -0.3 is 0 Å². The Morgan fingerprint density at radius 3 is 1.70 bits per heavy atom. The van der Waals surface area contributed by atoms with E-state index in [0.717, 1.165) is 11.3 Å². The molecule has 0 heteroatoms. The summed E-state index contributed by atoms with van der Waals surface area (Å²) in [5.74, 6) is 0.900. The normalized spacial score (nSPS) is 18.6. The molecular formula is C20H40. The molecule has 1 aliphatic carbocycles. The van der Waals surface area contributed by atoms with Crippen LogP contribution in [-0.2, 0) is 0 Å². The van der Waals surface area contributed by atoms with Gasteiger partial charge in [0, 0.05) is 0 Å². The summed E-state index contributed by atoms with van der Waals surface area (Å²) in [4.78, 5) is 0. The van der Waals surface area contributed by atoms with E-state index >= 15 is 0 Å². The van der Waals surface area contributed by atoms with Gasteiger partial charge in [0.15, 0.2) is 0 Å². The second-order valence-electron chi connectivity index (χ2n) is 7.66. The van der Waals surface area contributed by atoms with Crippen LogP contribution in [0.5, 0.6) is 0 Å². The van der Waals surface area contributed by atoms with E-state index in [9.17, 15) is 0 Å². The van der Waals surface area contributed by atoms with Gasteiger partial charge in [-0.2, -0.15) is 0 Å². The van der Waals surface area contributed by atoms with Gasteiger partial charge in [0.05, 0.1) is 0 Å². The first-order chi connectivity index (χ1) is 9.71. The van der Waals surface area contributed by atoms with Gasteiger partial charge in [-0.3, -0.25) is 0 Å². The zero-order valence-electron chi connectivity index (χ0n) is 14.7. The molecular weight excluding hydrogens is 240 g/mol. The average Bonchev–Trinajstić information content (AvgIpc) is 2.46. The van der Waals surface area contributed by atoms with Crippen molar-refractivity contribution in [3.05, 3.63) is 0 Å². The van der Waals surface area contributed by atoms with Gasteiger partial charge in [-0.1, -0.05) is 97.8 Å². The minimum absolute atomic E-state index is 0.722. The Morgan fingerprint density at radius 2 is 1.20 bits per heavy atom. The van der Waals surface area contributed by atoms with Crippen LogP contribution >= 0.6 is 0 Å². The Balaban J connectivity index is 2.04. The van der Waals surface area contributed by atoms with Crippen molar-refractivity contribution in [1.29, 1.82) is 0 Å². The Hall–Kier alpha value is 0. The van der Waals surface area contributed by atoms with Crippen LogP contribution in [0.15, 0.2) is 0 Å². The van der Waals surface area contributed by atoms with E-state index in [2.05, 4.69) is 20.8 Å². The Morgan fingerprint density at radius 1 is 0.700 bits per heavy atom. The largest absolute Gasteiger partial charge is 0.0654 e. The van der Waals surface area contributed by atoms with E-state index in [1.54, 1.807) is 0 Å². The van der Waals surface area contributed by atoms with Gasteiger partial charge in [0.2, 0.25) is 0 Å². The molecule has 0 aromatic rings. The van der Waals surface area contributed by atoms with E-state index in [4.69, 9.17) is 0 Å². The molecule has 0 spiro atoms. The predicted molar refractivity (Wildman–Crippen MR) is 92.2 cm³/mol. The summed E-state index contributed by atoms with van der Waals surface area (Å²) in [5.41, 5.74) is 0.722. The topological polar surface area (TPSA) is 0 Å². The Bertz CT molecular complexity index is 210. The molecule has 1 aliphatic rings. The lowest BCUT2D eigenvalue weighted by molar-refractivity contribution is 0.101. The summed E-state index contributed by atoms with van der Waals surface area (Å²) in [6, 6.07) is 0. The lowest BCUT2D eigenvalue weighted by atomic mass is 9.64. The second kappa shape index (κ2) is 10.7. The summed E-state index contributed by atoms with van der Waals surface area (Å²) in [7, 11) is 0. The van der Waals surface area contributed by atoms with Gasteiger partial charge in [-0.15, -0.1) is 0 Å².